The molecule has 0 saturated heterocycles. The molecule has 0 spiro atoms. The normalized spacial score (nSPS) is 18.2. The van der Waals surface area contributed by atoms with Crippen LogP contribution in [0.15, 0.2) is 46.9 Å². The standard InChI is InChI=1S/C16H17NOS/c1-12-11-16(18-17-12)15-7-3-2-5-13(15)8-9-14-6-4-10-19-14/h2-7,10,16H,8-9,11H2,1H3/t16-/m1/s1. The first-order valence-electron chi connectivity index (χ1n) is 6.62. The van der Waals surface area contributed by atoms with Crippen LogP contribution in [0.25, 0.3) is 0 Å². The molecule has 0 bridgehead atoms. The van der Waals surface area contributed by atoms with Crippen LogP contribution >= 0.6 is 11.3 Å². The highest BCUT2D eigenvalue weighted by Crippen LogP contribution is 2.30. The van der Waals surface area contributed by atoms with Crippen LogP contribution in [0.2, 0.25) is 0 Å². The van der Waals surface area contributed by atoms with E-state index >= 15 is 0 Å². The third-order valence-electron chi connectivity index (χ3n) is 3.44. The maximum atomic E-state index is 5.52. The lowest BCUT2D eigenvalue weighted by atomic mass is 9.96. The molecule has 3 rings (SSSR count). The molecule has 1 aromatic carbocycles. The van der Waals surface area contributed by atoms with Gasteiger partial charge in [0.25, 0.3) is 0 Å². The highest BCUT2D eigenvalue weighted by atomic mass is 32.1. The second-order valence-corrected chi connectivity index (χ2v) is 5.94. The minimum absolute atomic E-state index is 0.111. The van der Waals surface area contributed by atoms with Crippen LogP contribution in [0.1, 0.15) is 35.5 Å². The van der Waals surface area contributed by atoms with Gasteiger partial charge in [0, 0.05) is 11.3 Å². The summed E-state index contributed by atoms with van der Waals surface area (Å²) in [7, 11) is 0. The van der Waals surface area contributed by atoms with Gasteiger partial charge in [-0.05, 0) is 42.3 Å². The van der Waals surface area contributed by atoms with Gasteiger partial charge in [-0.25, -0.2) is 0 Å². The molecule has 0 radical (unpaired) electrons. The Kier molecular flexibility index (Phi) is 3.65. The maximum Gasteiger partial charge on any atom is 0.158 e. The van der Waals surface area contributed by atoms with Gasteiger partial charge in [0.2, 0.25) is 0 Å². The van der Waals surface area contributed by atoms with Crippen LogP contribution in [0.3, 0.4) is 0 Å². The predicted octanol–water partition coefficient (Wildman–Crippen LogP) is 4.37. The summed E-state index contributed by atoms with van der Waals surface area (Å²) < 4.78 is 0. The van der Waals surface area contributed by atoms with E-state index in [1.807, 2.05) is 18.3 Å². The molecule has 1 aliphatic rings. The number of hydrogen-bond donors (Lipinski definition) is 0. The Hall–Kier alpha value is -1.61. The van der Waals surface area contributed by atoms with Crippen molar-refractivity contribution in [1.82, 2.24) is 0 Å². The third-order valence-corrected chi connectivity index (χ3v) is 4.38. The van der Waals surface area contributed by atoms with Crippen molar-refractivity contribution in [2.75, 3.05) is 0 Å². The van der Waals surface area contributed by atoms with Gasteiger partial charge in [-0.15, -0.1) is 11.3 Å². The first-order valence-corrected chi connectivity index (χ1v) is 7.50. The average molecular weight is 271 g/mol. The summed E-state index contributed by atoms with van der Waals surface area (Å²) >= 11 is 1.83. The Morgan fingerprint density at radius 3 is 2.84 bits per heavy atom. The average Bonchev–Trinajstić information content (AvgIpc) is 3.08. The number of thiophene rings is 1. The lowest BCUT2D eigenvalue weighted by molar-refractivity contribution is 0.0850. The summed E-state index contributed by atoms with van der Waals surface area (Å²) in [5, 5.41) is 6.20. The van der Waals surface area contributed by atoms with E-state index in [0.717, 1.165) is 25.0 Å². The van der Waals surface area contributed by atoms with Crippen LogP contribution in [0, 0.1) is 0 Å². The summed E-state index contributed by atoms with van der Waals surface area (Å²) in [4.78, 5) is 6.96. The Labute approximate surface area is 117 Å². The van der Waals surface area contributed by atoms with Gasteiger partial charge in [0.1, 0.15) is 0 Å². The monoisotopic (exact) mass is 271 g/mol. The summed E-state index contributed by atoms with van der Waals surface area (Å²) in [6.07, 6.45) is 3.19. The first-order chi connectivity index (χ1) is 9.33. The summed E-state index contributed by atoms with van der Waals surface area (Å²) in [6.45, 7) is 2.02. The van der Waals surface area contributed by atoms with Crippen LogP contribution in [-0.2, 0) is 17.7 Å². The van der Waals surface area contributed by atoms with Crippen LogP contribution in [-0.4, -0.2) is 5.71 Å². The van der Waals surface area contributed by atoms with Crippen molar-refractivity contribution >= 4 is 17.0 Å². The van der Waals surface area contributed by atoms with Gasteiger partial charge in [-0.1, -0.05) is 35.5 Å². The topological polar surface area (TPSA) is 21.6 Å². The number of benzene rings is 1. The zero-order valence-corrected chi connectivity index (χ0v) is 11.8. The number of oxime groups is 1. The molecule has 0 fully saturated rings. The van der Waals surface area contributed by atoms with Crippen molar-refractivity contribution < 1.29 is 4.84 Å². The molecule has 0 aliphatic carbocycles. The molecule has 19 heavy (non-hydrogen) atoms. The molecule has 0 N–H and O–H groups in total. The van der Waals surface area contributed by atoms with Gasteiger partial charge >= 0.3 is 0 Å². The Morgan fingerprint density at radius 1 is 1.21 bits per heavy atom. The molecule has 3 heteroatoms. The number of hydrogen-bond acceptors (Lipinski definition) is 3. The second kappa shape index (κ2) is 5.57. The molecule has 2 nitrogen and oxygen atoms in total. The number of rotatable bonds is 4. The lowest BCUT2D eigenvalue weighted by Gasteiger charge is -2.13. The van der Waals surface area contributed by atoms with E-state index in [1.165, 1.54) is 16.0 Å². The smallest absolute Gasteiger partial charge is 0.158 e. The van der Waals surface area contributed by atoms with Crippen molar-refractivity contribution in [3.05, 3.63) is 57.8 Å². The zero-order valence-electron chi connectivity index (χ0n) is 11.0. The predicted molar refractivity (Wildman–Crippen MR) is 79.7 cm³/mol. The number of nitrogens with zero attached hydrogens (tertiary/aromatic N) is 1. The van der Waals surface area contributed by atoms with E-state index in [9.17, 15) is 0 Å². The van der Waals surface area contributed by atoms with E-state index in [2.05, 4.69) is 46.9 Å². The fourth-order valence-corrected chi connectivity index (χ4v) is 3.16. The molecule has 98 valence electrons. The molecule has 1 aliphatic heterocycles. The molecular weight excluding hydrogens is 254 g/mol. The summed E-state index contributed by atoms with van der Waals surface area (Å²) in [5.41, 5.74) is 3.75. The van der Waals surface area contributed by atoms with E-state index in [0.29, 0.717) is 0 Å². The van der Waals surface area contributed by atoms with Crippen LogP contribution < -0.4 is 0 Å². The lowest BCUT2D eigenvalue weighted by Crippen LogP contribution is -2.03. The van der Waals surface area contributed by atoms with Crippen molar-refractivity contribution in [2.45, 2.75) is 32.3 Å². The quantitative estimate of drug-likeness (QED) is 0.809. The Morgan fingerprint density at radius 2 is 2.11 bits per heavy atom. The molecule has 0 amide bonds. The third kappa shape index (κ3) is 2.87. The van der Waals surface area contributed by atoms with Gasteiger partial charge in [0.05, 0.1) is 5.71 Å². The molecule has 2 aromatic rings. The molecule has 0 saturated carbocycles. The van der Waals surface area contributed by atoms with Crippen molar-refractivity contribution in [3.8, 4) is 0 Å². The second-order valence-electron chi connectivity index (χ2n) is 4.90. The van der Waals surface area contributed by atoms with E-state index < -0.39 is 0 Å². The van der Waals surface area contributed by atoms with Crippen molar-refractivity contribution in [3.63, 3.8) is 0 Å². The Bertz CT molecular complexity index is 574. The molecule has 1 aromatic heterocycles. The van der Waals surface area contributed by atoms with Crippen molar-refractivity contribution in [1.29, 1.82) is 0 Å². The highest BCUT2D eigenvalue weighted by Gasteiger charge is 2.22. The molecule has 1 atom stereocenters. The zero-order chi connectivity index (χ0) is 13.1. The van der Waals surface area contributed by atoms with Crippen molar-refractivity contribution in [2.24, 2.45) is 5.16 Å². The van der Waals surface area contributed by atoms with Crippen LogP contribution in [0.4, 0.5) is 0 Å². The van der Waals surface area contributed by atoms with Gasteiger partial charge in [-0.3, -0.25) is 0 Å². The molecule has 2 heterocycles. The minimum Gasteiger partial charge on any atom is -0.387 e. The molecule has 0 unspecified atom stereocenters. The van der Waals surface area contributed by atoms with Gasteiger partial charge < -0.3 is 4.84 Å². The Balaban J connectivity index is 1.74. The summed E-state index contributed by atoms with van der Waals surface area (Å²) in [6, 6.07) is 12.9. The summed E-state index contributed by atoms with van der Waals surface area (Å²) in [5.74, 6) is 0. The van der Waals surface area contributed by atoms with E-state index in [4.69, 9.17) is 4.84 Å². The van der Waals surface area contributed by atoms with E-state index in [1.54, 1.807) is 0 Å². The number of aryl methyl sites for hydroxylation is 2. The van der Waals surface area contributed by atoms with Gasteiger partial charge in [-0.2, -0.15) is 0 Å². The fraction of sp³-hybridized carbons (Fsp3) is 0.312. The SMILES string of the molecule is CC1=NO[C@@H](c2ccccc2CCc2cccs2)C1. The van der Waals surface area contributed by atoms with E-state index in [-0.39, 0.29) is 6.10 Å². The maximum absolute atomic E-state index is 5.52. The fourth-order valence-electron chi connectivity index (χ4n) is 2.45. The highest BCUT2D eigenvalue weighted by molar-refractivity contribution is 7.09. The molecular formula is C16H17NOS. The van der Waals surface area contributed by atoms with Gasteiger partial charge in [0.15, 0.2) is 6.10 Å². The first kappa shape index (κ1) is 12.4. The largest absolute Gasteiger partial charge is 0.387 e. The van der Waals surface area contributed by atoms with Crippen LogP contribution in [0.5, 0.6) is 0 Å². The minimum atomic E-state index is 0.111.